The molecule has 2 fully saturated rings. The first-order chi connectivity index (χ1) is 10.8. The quantitative estimate of drug-likeness (QED) is 0.910. The number of rotatable bonds is 3. The van der Waals surface area contributed by atoms with E-state index in [1.165, 1.54) is 0 Å². The van der Waals surface area contributed by atoms with E-state index in [0.717, 1.165) is 50.1 Å². The van der Waals surface area contributed by atoms with Gasteiger partial charge in [0.25, 0.3) is 0 Å². The highest BCUT2D eigenvalue weighted by Gasteiger charge is 2.41. The maximum atomic E-state index is 6.04. The summed E-state index contributed by atoms with van der Waals surface area (Å²) in [5.41, 5.74) is 0. The van der Waals surface area contributed by atoms with E-state index >= 15 is 0 Å². The Labute approximate surface area is 129 Å². The first kappa shape index (κ1) is 13.6. The van der Waals surface area contributed by atoms with Gasteiger partial charge in [-0.25, -0.2) is 15.0 Å². The lowest BCUT2D eigenvalue weighted by Gasteiger charge is -2.35. The van der Waals surface area contributed by atoms with Crippen LogP contribution < -0.4 is 4.90 Å². The second-order valence-corrected chi connectivity index (χ2v) is 6.12. The molecule has 0 bridgehead atoms. The number of H-pyrrole nitrogens is 1. The first-order valence-electron chi connectivity index (χ1n) is 7.81. The zero-order valence-electron chi connectivity index (χ0n) is 12.6. The van der Waals surface area contributed by atoms with E-state index < -0.39 is 0 Å². The third-order valence-electron chi connectivity index (χ3n) is 4.66. The molecule has 0 aromatic carbocycles. The molecule has 2 aromatic heterocycles. The van der Waals surface area contributed by atoms with E-state index in [4.69, 9.17) is 4.74 Å². The van der Waals surface area contributed by atoms with Gasteiger partial charge < -0.3 is 9.64 Å². The van der Waals surface area contributed by atoms with Crippen molar-refractivity contribution in [1.82, 2.24) is 25.1 Å². The molecule has 2 aliphatic heterocycles. The van der Waals surface area contributed by atoms with Crippen LogP contribution in [0.1, 0.15) is 18.1 Å². The number of aromatic nitrogens is 5. The Morgan fingerprint density at radius 1 is 1.36 bits per heavy atom. The lowest BCUT2D eigenvalue weighted by molar-refractivity contribution is 0.0879. The van der Waals surface area contributed by atoms with Gasteiger partial charge in [-0.05, 0) is 25.3 Å². The fourth-order valence-corrected chi connectivity index (χ4v) is 3.59. The third-order valence-corrected chi connectivity index (χ3v) is 4.66. The van der Waals surface area contributed by atoms with Crippen LogP contribution in [0.15, 0.2) is 18.5 Å². The molecule has 0 amide bonds. The van der Waals surface area contributed by atoms with Crippen LogP contribution >= 0.6 is 0 Å². The number of hydrogen-bond acceptors (Lipinski definition) is 6. The summed E-state index contributed by atoms with van der Waals surface area (Å²) in [6.45, 7) is 4.69. The number of nitrogens with zero attached hydrogens (tertiary/aromatic N) is 5. The Balaban J connectivity index is 1.42. The fraction of sp³-hybridized carbons (Fsp3) is 0.600. The molecular formula is C15H20N6O. The number of ether oxygens (including phenoxy) is 1. The van der Waals surface area contributed by atoms with Gasteiger partial charge in [-0.2, -0.15) is 5.10 Å². The molecule has 22 heavy (non-hydrogen) atoms. The molecule has 7 heteroatoms. The summed E-state index contributed by atoms with van der Waals surface area (Å²) in [6.07, 6.45) is 5.74. The molecule has 0 saturated carbocycles. The highest BCUT2D eigenvalue weighted by molar-refractivity contribution is 5.29. The van der Waals surface area contributed by atoms with Gasteiger partial charge in [0.2, 0.25) is 5.95 Å². The monoisotopic (exact) mass is 300 g/mol. The van der Waals surface area contributed by atoms with Crippen molar-refractivity contribution in [2.45, 2.75) is 25.9 Å². The number of aromatic amines is 1. The SMILES string of the molecule is Cc1nc(C[C@@H]2OC[C@H]3CN(c4ncccn4)CC[C@H]32)n[nH]1. The standard InChI is InChI=1S/C15H20N6O/c1-10-18-14(20-19-10)7-13-12-3-6-21(8-11(12)9-22-13)15-16-4-2-5-17-15/h2,4-5,11-13H,3,6-9H2,1H3,(H,18,19,20)/t11-,12-,13+/m1/s1. The topological polar surface area (TPSA) is 79.8 Å². The van der Waals surface area contributed by atoms with E-state index in [1.807, 2.05) is 13.0 Å². The van der Waals surface area contributed by atoms with Crippen molar-refractivity contribution in [1.29, 1.82) is 0 Å². The number of nitrogens with one attached hydrogen (secondary N) is 1. The highest BCUT2D eigenvalue weighted by Crippen LogP contribution is 2.36. The summed E-state index contributed by atoms with van der Waals surface area (Å²) >= 11 is 0. The smallest absolute Gasteiger partial charge is 0.225 e. The Morgan fingerprint density at radius 3 is 3.00 bits per heavy atom. The molecule has 3 atom stereocenters. The molecule has 0 unspecified atom stereocenters. The van der Waals surface area contributed by atoms with Crippen LogP contribution in [0.3, 0.4) is 0 Å². The van der Waals surface area contributed by atoms with Gasteiger partial charge in [0.05, 0.1) is 12.7 Å². The minimum Gasteiger partial charge on any atom is -0.377 e. The second kappa shape index (κ2) is 5.64. The van der Waals surface area contributed by atoms with E-state index in [1.54, 1.807) is 12.4 Å². The lowest BCUT2D eigenvalue weighted by Crippen LogP contribution is -2.42. The maximum absolute atomic E-state index is 6.04. The van der Waals surface area contributed by atoms with Crippen molar-refractivity contribution in [2.24, 2.45) is 11.8 Å². The third kappa shape index (κ3) is 2.56. The van der Waals surface area contributed by atoms with Gasteiger partial charge in [0.1, 0.15) is 5.82 Å². The number of aryl methyl sites for hydroxylation is 1. The van der Waals surface area contributed by atoms with E-state index in [-0.39, 0.29) is 6.10 Å². The Bertz CT molecular complexity index is 630. The maximum Gasteiger partial charge on any atom is 0.225 e. The number of piperidine rings is 1. The van der Waals surface area contributed by atoms with Gasteiger partial charge in [-0.15, -0.1) is 0 Å². The van der Waals surface area contributed by atoms with Gasteiger partial charge in [-0.3, -0.25) is 5.10 Å². The van der Waals surface area contributed by atoms with Crippen LogP contribution in [-0.2, 0) is 11.2 Å². The summed E-state index contributed by atoms with van der Waals surface area (Å²) < 4.78 is 6.04. The molecule has 4 rings (SSSR count). The average Bonchev–Trinajstić information content (AvgIpc) is 3.15. The molecule has 0 spiro atoms. The van der Waals surface area contributed by atoms with Crippen molar-refractivity contribution in [2.75, 3.05) is 24.6 Å². The minimum absolute atomic E-state index is 0.235. The minimum atomic E-state index is 0.235. The van der Waals surface area contributed by atoms with E-state index in [0.29, 0.717) is 11.8 Å². The van der Waals surface area contributed by atoms with Crippen LogP contribution in [0.5, 0.6) is 0 Å². The molecular weight excluding hydrogens is 280 g/mol. The highest BCUT2D eigenvalue weighted by atomic mass is 16.5. The molecule has 4 heterocycles. The molecule has 2 saturated heterocycles. The zero-order valence-corrected chi connectivity index (χ0v) is 12.6. The molecule has 2 aromatic rings. The van der Waals surface area contributed by atoms with Gasteiger partial charge >= 0.3 is 0 Å². The van der Waals surface area contributed by atoms with Crippen LogP contribution in [0.2, 0.25) is 0 Å². The van der Waals surface area contributed by atoms with Crippen molar-refractivity contribution < 1.29 is 4.74 Å². The van der Waals surface area contributed by atoms with Crippen LogP contribution in [0.4, 0.5) is 5.95 Å². The summed E-state index contributed by atoms with van der Waals surface area (Å²) in [5.74, 6) is 3.67. The van der Waals surface area contributed by atoms with Gasteiger partial charge in [0, 0.05) is 37.8 Å². The van der Waals surface area contributed by atoms with Crippen LogP contribution in [-0.4, -0.2) is 50.9 Å². The van der Waals surface area contributed by atoms with Crippen molar-refractivity contribution in [3.63, 3.8) is 0 Å². The molecule has 0 aliphatic carbocycles. The zero-order chi connectivity index (χ0) is 14.9. The molecule has 1 N–H and O–H groups in total. The molecule has 7 nitrogen and oxygen atoms in total. The predicted molar refractivity (Wildman–Crippen MR) is 80.4 cm³/mol. The Morgan fingerprint density at radius 2 is 2.23 bits per heavy atom. The van der Waals surface area contributed by atoms with Gasteiger partial charge in [0.15, 0.2) is 5.82 Å². The summed E-state index contributed by atoms with van der Waals surface area (Å²) in [7, 11) is 0. The summed E-state index contributed by atoms with van der Waals surface area (Å²) in [4.78, 5) is 15.4. The lowest BCUT2D eigenvalue weighted by atomic mass is 9.83. The van der Waals surface area contributed by atoms with E-state index in [2.05, 4.69) is 30.0 Å². The average molecular weight is 300 g/mol. The second-order valence-electron chi connectivity index (χ2n) is 6.12. The summed E-state index contributed by atoms with van der Waals surface area (Å²) in [6, 6.07) is 1.85. The normalized spacial score (nSPS) is 27.9. The Kier molecular flexibility index (Phi) is 3.49. The molecule has 2 aliphatic rings. The molecule has 0 radical (unpaired) electrons. The molecule has 116 valence electrons. The van der Waals surface area contributed by atoms with Crippen LogP contribution in [0.25, 0.3) is 0 Å². The van der Waals surface area contributed by atoms with Crippen molar-refractivity contribution in [3.05, 3.63) is 30.1 Å². The van der Waals surface area contributed by atoms with Crippen molar-refractivity contribution >= 4 is 5.95 Å². The van der Waals surface area contributed by atoms with Crippen LogP contribution in [0, 0.1) is 18.8 Å². The fourth-order valence-electron chi connectivity index (χ4n) is 3.59. The number of hydrogen-bond donors (Lipinski definition) is 1. The largest absolute Gasteiger partial charge is 0.377 e. The van der Waals surface area contributed by atoms with Gasteiger partial charge in [-0.1, -0.05) is 0 Å². The van der Waals surface area contributed by atoms with E-state index in [9.17, 15) is 0 Å². The number of fused-ring (bicyclic) bond motifs is 1. The van der Waals surface area contributed by atoms with Crippen molar-refractivity contribution in [3.8, 4) is 0 Å². The number of anilines is 1. The summed E-state index contributed by atoms with van der Waals surface area (Å²) in [5, 5.41) is 7.13. The predicted octanol–water partition coefficient (Wildman–Crippen LogP) is 0.987. The first-order valence-corrected chi connectivity index (χ1v) is 7.81. The Hall–Kier alpha value is -2.02.